The number of rotatable bonds is 5. The second-order valence-corrected chi connectivity index (χ2v) is 7.73. The van der Waals surface area contributed by atoms with Gasteiger partial charge >= 0.3 is 5.97 Å². The Kier molecular flexibility index (Phi) is 5.36. The molecule has 0 aliphatic rings. The van der Waals surface area contributed by atoms with E-state index in [-0.39, 0.29) is 22.7 Å². The number of carboxylic acid groups (broad SMARTS) is 1. The van der Waals surface area contributed by atoms with Crippen LogP contribution in [0.2, 0.25) is 0 Å². The molecule has 1 unspecified atom stereocenters. The largest absolute Gasteiger partial charge is 0.478 e. The summed E-state index contributed by atoms with van der Waals surface area (Å²) in [5.41, 5.74) is 3.40. The van der Waals surface area contributed by atoms with Crippen LogP contribution in [0.3, 0.4) is 0 Å². The van der Waals surface area contributed by atoms with Crippen molar-refractivity contribution in [1.82, 2.24) is 14.0 Å². The molecule has 32 heavy (non-hydrogen) atoms. The summed E-state index contributed by atoms with van der Waals surface area (Å²) in [5, 5.41) is 12.7. The number of para-hydroxylation sites is 1. The molecule has 0 amide bonds. The van der Waals surface area contributed by atoms with Gasteiger partial charge in [-0.25, -0.2) is 9.78 Å². The highest BCUT2D eigenvalue weighted by Crippen LogP contribution is 2.26. The van der Waals surface area contributed by atoms with Gasteiger partial charge in [-0.15, -0.1) is 0 Å². The molecule has 0 saturated carbocycles. The van der Waals surface area contributed by atoms with E-state index in [1.54, 1.807) is 43.7 Å². The number of aromatic nitrogens is 3. The van der Waals surface area contributed by atoms with Crippen LogP contribution in [0.25, 0.3) is 16.9 Å². The van der Waals surface area contributed by atoms with E-state index < -0.39 is 5.97 Å². The van der Waals surface area contributed by atoms with Crippen LogP contribution in [0.4, 0.5) is 5.69 Å². The summed E-state index contributed by atoms with van der Waals surface area (Å²) in [4.78, 5) is 41.0. The summed E-state index contributed by atoms with van der Waals surface area (Å²) in [6, 6.07) is 12.8. The Morgan fingerprint density at radius 3 is 2.53 bits per heavy atom. The first-order valence-electron chi connectivity index (χ1n) is 10.0. The average Bonchev–Trinajstić information content (AvgIpc) is 2.75. The molecule has 4 aromatic rings. The van der Waals surface area contributed by atoms with Crippen LogP contribution in [0.1, 0.15) is 34.5 Å². The Labute approximate surface area is 183 Å². The van der Waals surface area contributed by atoms with Crippen molar-refractivity contribution in [3.05, 3.63) is 98.3 Å². The summed E-state index contributed by atoms with van der Waals surface area (Å²) < 4.78 is 2.92. The van der Waals surface area contributed by atoms with Crippen LogP contribution in [0.5, 0.6) is 0 Å². The van der Waals surface area contributed by atoms with E-state index in [0.717, 1.165) is 11.1 Å². The lowest BCUT2D eigenvalue weighted by molar-refractivity contribution is 0.0698. The van der Waals surface area contributed by atoms with Gasteiger partial charge in [0.1, 0.15) is 5.65 Å². The number of nitrogens with one attached hydrogen (secondary N) is 1. The molecule has 0 bridgehead atoms. The minimum atomic E-state index is -1.03. The van der Waals surface area contributed by atoms with Crippen molar-refractivity contribution in [2.75, 3.05) is 5.32 Å². The smallest absolute Gasteiger partial charge is 0.337 e. The van der Waals surface area contributed by atoms with Gasteiger partial charge in [-0.05, 0) is 43.7 Å². The zero-order valence-electron chi connectivity index (χ0n) is 17.9. The van der Waals surface area contributed by atoms with E-state index in [0.29, 0.717) is 22.6 Å². The van der Waals surface area contributed by atoms with Gasteiger partial charge in [-0.3, -0.25) is 14.0 Å². The predicted octanol–water partition coefficient (Wildman–Crippen LogP) is 3.24. The molecule has 4 rings (SSSR count). The molecular weight excluding hydrogens is 408 g/mol. The fourth-order valence-electron chi connectivity index (χ4n) is 3.69. The highest BCUT2D eigenvalue weighted by Gasteiger charge is 2.17. The Hall–Kier alpha value is -4.20. The molecule has 8 heteroatoms. The van der Waals surface area contributed by atoms with Crippen molar-refractivity contribution in [3.63, 3.8) is 0 Å². The van der Waals surface area contributed by atoms with Crippen molar-refractivity contribution in [3.8, 4) is 11.3 Å². The highest BCUT2D eigenvalue weighted by atomic mass is 16.4. The topological polar surface area (TPSA) is 106 Å². The molecule has 3 heterocycles. The second-order valence-electron chi connectivity index (χ2n) is 7.73. The molecular formula is C24H22N4O4. The normalized spacial score (nSPS) is 12.0. The quantitative estimate of drug-likeness (QED) is 0.504. The molecule has 8 nitrogen and oxygen atoms in total. The zero-order valence-corrected chi connectivity index (χ0v) is 17.9. The third kappa shape index (κ3) is 3.90. The van der Waals surface area contributed by atoms with Gasteiger partial charge in [0.25, 0.3) is 5.56 Å². The Morgan fingerprint density at radius 2 is 1.81 bits per heavy atom. The monoisotopic (exact) mass is 430 g/mol. The van der Waals surface area contributed by atoms with Crippen LogP contribution >= 0.6 is 0 Å². The third-order valence-corrected chi connectivity index (χ3v) is 5.30. The summed E-state index contributed by atoms with van der Waals surface area (Å²) in [7, 11) is 1.64. The van der Waals surface area contributed by atoms with Gasteiger partial charge < -0.3 is 15.0 Å². The average molecular weight is 430 g/mol. The van der Waals surface area contributed by atoms with E-state index >= 15 is 0 Å². The van der Waals surface area contributed by atoms with E-state index in [2.05, 4.69) is 5.32 Å². The SMILES string of the molecule is Cc1cc(C(C)Nc2ccccc2C(=O)O)c2nc(-c3ccc(=O)n(C)c3)cc(=O)n2c1. The third-order valence-electron chi connectivity index (χ3n) is 5.30. The summed E-state index contributed by atoms with van der Waals surface area (Å²) in [6.07, 6.45) is 3.36. The number of nitrogens with zero attached hydrogens (tertiary/aromatic N) is 3. The van der Waals surface area contributed by atoms with Gasteiger partial charge in [0, 0.05) is 48.4 Å². The van der Waals surface area contributed by atoms with E-state index in [1.165, 1.54) is 27.2 Å². The Bertz CT molecular complexity index is 1470. The van der Waals surface area contributed by atoms with Gasteiger partial charge in [0.2, 0.25) is 5.56 Å². The maximum atomic E-state index is 12.9. The minimum Gasteiger partial charge on any atom is -0.478 e. The standard InChI is InChI=1S/C24H22N4O4/c1-14-10-18(15(2)25-19-7-5-4-6-17(19)24(31)32)23-26-20(11-22(30)28(23)12-14)16-8-9-21(29)27(3)13-16/h4-13,15,25H,1-3H3,(H,31,32). The number of aryl methyl sites for hydroxylation is 2. The number of pyridine rings is 2. The summed E-state index contributed by atoms with van der Waals surface area (Å²) >= 11 is 0. The molecule has 0 spiro atoms. The van der Waals surface area contributed by atoms with Gasteiger partial charge in [-0.2, -0.15) is 0 Å². The van der Waals surface area contributed by atoms with Gasteiger partial charge in [0.15, 0.2) is 0 Å². The lowest BCUT2D eigenvalue weighted by Crippen LogP contribution is -2.19. The predicted molar refractivity (Wildman–Crippen MR) is 122 cm³/mol. The molecule has 0 aliphatic carbocycles. The fraction of sp³-hybridized carbons (Fsp3) is 0.167. The molecule has 0 saturated heterocycles. The number of aromatic carboxylic acids is 1. The van der Waals surface area contributed by atoms with Crippen molar-refractivity contribution in [1.29, 1.82) is 0 Å². The number of carbonyl (C=O) groups is 1. The van der Waals surface area contributed by atoms with Crippen molar-refractivity contribution in [2.24, 2.45) is 7.05 Å². The molecule has 1 atom stereocenters. The van der Waals surface area contributed by atoms with E-state index in [4.69, 9.17) is 4.98 Å². The van der Waals surface area contributed by atoms with E-state index in [1.807, 2.05) is 19.9 Å². The number of benzene rings is 1. The number of anilines is 1. The summed E-state index contributed by atoms with van der Waals surface area (Å²) in [5.74, 6) is -1.03. The highest BCUT2D eigenvalue weighted by molar-refractivity contribution is 5.94. The van der Waals surface area contributed by atoms with Crippen LogP contribution in [-0.2, 0) is 7.05 Å². The molecule has 0 radical (unpaired) electrons. The van der Waals surface area contributed by atoms with E-state index in [9.17, 15) is 19.5 Å². The maximum Gasteiger partial charge on any atom is 0.337 e. The van der Waals surface area contributed by atoms with Crippen LogP contribution in [0.15, 0.2) is 70.5 Å². The number of hydrogen-bond acceptors (Lipinski definition) is 5. The molecule has 0 aliphatic heterocycles. The van der Waals surface area contributed by atoms with Crippen LogP contribution in [0, 0.1) is 6.92 Å². The first-order chi connectivity index (χ1) is 15.2. The fourth-order valence-corrected chi connectivity index (χ4v) is 3.69. The molecule has 2 N–H and O–H groups in total. The van der Waals surface area contributed by atoms with Crippen molar-refractivity contribution in [2.45, 2.75) is 19.9 Å². The lowest BCUT2D eigenvalue weighted by Gasteiger charge is -2.20. The number of hydrogen-bond donors (Lipinski definition) is 2. The number of carboxylic acids is 1. The first-order valence-corrected chi connectivity index (χ1v) is 10.0. The minimum absolute atomic E-state index is 0.155. The van der Waals surface area contributed by atoms with Crippen molar-refractivity contribution < 1.29 is 9.90 Å². The second kappa shape index (κ2) is 8.14. The first kappa shape index (κ1) is 21.0. The molecule has 0 fully saturated rings. The van der Waals surface area contributed by atoms with Crippen LogP contribution < -0.4 is 16.4 Å². The van der Waals surface area contributed by atoms with Gasteiger partial charge in [0.05, 0.1) is 17.3 Å². The summed E-state index contributed by atoms with van der Waals surface area (Å²) in [6.45, 7) is 3.77. The lowest BCUT2D eigenvalue weighted by atomic mass is 10.1. The van der Waals surface area contributed by atoms with Crippen LogP contribution in [-0.4, -0.2) is 25.0 Å². The molecule has 162 valence electrons. The van der Waals surface area contributed by atoms with Gasteiger partial charge in [-0.1, -0.05) is 12.1 Å². The number of fused-ring (bicyclic) bond motifs is 1. The maximum absolute atomic E-state index is 12.9. The molecule has 3 aromatic heterocycles. The Morgan fingerprint density at radius 1 is 1.06 bits per heavy atom. The van der Waals surface area contributed by atoms with Crippen molar-refractivity contribution >= 4 is 17.3 Å². The zero-order chi connectivity index (χ0) is 23.0. The Balaban J connectivity index is 1.86. The molecule has 1 aromatic carbocycles.